The van der Waals surface area contributed by atoms with Crippen molar-refractivity contribution in [2.75, 3.05) is 0 Å². The molecule has 0 saturated heterocycles. The average Bonchev–Trinajstić information content (AvgIpc) is 1.41. The van der Waals surface area contributed by atoms with Gasteiger partial charge in [-0.25, -0.2) is 0 Å². The van der Waals surface area contributed by atoms with Crippen molar-refractivity contribution in [3.05, 3.63) is 0 Å². The second-order valence-corrected chi connectivity index (χ2v) is 0.692. The van der Waals surface area contributed by atoms with E-state index < -0.39 is 11.4 Å². The molecule has 7 N–H and O–H groups in total. The first-order chi connectivity index (χ1) is 2.73. The molecule has 0 aliphatic heterocycles. The van der Waals surface area contributed by atoms with Crippen molar-refractivity contribution < 1.29 is 23.8 Å². The van der Waals surface area contributed by atoms with Crippen LogP contribution in [0.15, 0.2) is 0 Å². The van der Waals surface area contributed by atoms with Gasteiger partial charge in [0.1, 0.15) is 0 Å². The molecule has 0 aliphatic rings. The van der Waals surface area contributed by atoms with Crippen molar-refractivity contribution in [3.63, 3.8) is 0 Å². The zero-order valence-corrected chi connectivity index (χ0v) is 4.13. The van der Waals surface area contributed by atoms with Gasteiger partial charge in [-0.1, -0.05) is 0 Å². The Balaban J connectivity index is -0.0000000480. The first-order valence-electron chi connectivity index (χ1n) is 0.732. The van der Waals surface area contributed by atoms with Gasteiger partial charge in [0.2, 0.25) is 0 Å². The molecule has 0 atom stereocenters. The van der Waals surface area contributed by atoms with Gasteiger partial charge in [0.25, 0.3) is 11.4 Å². The van der Waals surface area contributed by atoms with Crippen molar-refractivity contribution in [3.8, 4) is 0 Å². The van der Waals surface area contributed by atoms with Gasteiger partial charge in [0, 0.05) is 0 Å². The van der Waals surface area contributed by atoms with Gasteiger partial charge in [0.15, 0.2) is 0 Å². The fraction of sp³-hybridized carbons (Fsp3) is 0. The molecule has 48 valence electrons. The van der Waals surface area contributed by atoms with Crippen LogP contribution in [0.3, 0.4) is 0 Å². The molecule has 0 fully saturated rings. The van der Waals surface area contributed by atoms with E-state index in [9.17, 15) is 0 Å². The van der Waals surface area contributed by atoms with Crippen molar-refractivity contribution in [1.29, 1.82) is 0 Å². The summed E-state index contributed by atoms with van der Waals surface area (Å²) in [6.45, 7) is 0. The Hall–Kier alpha value is -0.0500. The molecule has 0 aromatic rings. The number of hydrogen-bond donors (Lipinski definition) is 5. The predicted molar refractivity (Wildman–Crippen MR) is 23.7 cm³/mol. The van der Waals surface area contributed by atoms with E-state index in [1.54, 1.807) is 0 Å². The molecule has 0 unspecified atom stereocenters. The minimum atomic E-state index is -2.61. The molecule has 0 aromatic carbocycles. The summed E-state index contributed by atoms with van der Waals surface area (Å²) < 4.78 is 22.8. The molecule has 0 heterocycles. The highest BCUT2D eigenvalue weighted by atomic mass is 32.2. The van der Waals surface area contributed by atoms with E-state index in [4.69, 9.17) is 23.8 Å². The van der Waals surface area contributed by atoms with Gasteiger partial charge in [-0.15, -0.1) is 0 Å². The number of hydrogen-bond acceptors (Lipinski definition) is 4. The second-order valence-electron chi connectivity index (χ2n) is 0.231. The molecule has 0 bridgehead atoms. The van der Waals surface area contributed by atoms with Crippen LogP contribution in [0, 0.1) is 0 Å². The van der Waals surface area contributed by atoms with Gasteiger partial charge in [0.05, 0.1) is 0 Å². The van der Waals surface area contributed by atoms with Crippen LogP contribution in [0.1, 0.15) is 0 Å². The fourth-order valence-electron chi connectivity index (χ4n) is 0. The summed E-state index contributed by atoms with van der Waals surface area (Å²) in [5, 5.41) is 12.0. The van der Waals surface area contributed by atoms with Crippen LogP contribution in [0.5, 0.6) is 0 Å². The lowest BCUT2D eigenvalue weighted by molar-refractivity contribution is -0.176. The minimum Gasteiger partial charge on any atom is -0.344 e. The highest BCUT2D eigenvalue weighted by Crippen LogP contribution is 1.44. The summed E-state index contributed by atoms with van der Waals surface area (Å²) >= 11 is -2.61. The first-order valence-corrected chi connectivity index (χ1v) is 1.80. The maximum Gasteiger partial charge on any atom is 0.299 e. The summed E-state index contributed by atoms with van der Waals surface area (Å²) in [5.41, 5.74) is 0. The summed E-state index contributed by atoms with van der Waals surface area (Å²) in [6, 6.07) is 0. The molecule has 0 saturated carbocycles. The van der Waals surface area contributed by atoms with Crippen LogP contribution < -0.4 is 6.15 Å². The van der Waals surface area contributed by atoms with Crippen LogP contribution in [0.4, 0.5) is 0 Å². The van der Waals surface area contributed by atoms with E-state index in [-0.39, 0.29) is 6.15 Å². The smallest absolute Gasteiger partial charge is 0.299 e. The second kappa shape index (κ2) is 16.8. The van der Waals surface area contributed by atoms with Gasteiger partial charge in [-0.05, 0) is 0 Å². The lowest BCUT2D eigenvalue weighted by Crippen LogP contribution is -1.74. The molecule has 7 heavy (non-hydrogen) atoms. The highest BCUT2D eigenvalue weighted by Gasteiger charge is 1.62. The van der Waals surface area contributed by atoms with E-state index in [0.717, 1.165) is 0 Å². The van der Waals surface area contributed by atoms with Crippen LogP contribution in [-0.2, 0) is 11.4 Å². The van der Waals surface area contributed by atoms with Crippen LogP contribution in [0.2, 0.25) is 0 Å². The third-order valence-electron chi connectivity index (χ3n) is 0. The molecule has 6 nitrogen and oxygen atoms in total. The highest BCUT2D eigenvalue weighted by molar-refractivity contribution is 7.73. The monoisotopic (exact) mass is 133 g/mol. The predicted octanol–water partition coefficient (Wildman–Crippen LogP) is -0.139. The summed E-state index contributed by atoms with van der Waals surface area (Å²) in [4.78, 5) is 0. The maximum atomic E-state index is 8.67. The van der Waals surface area contributed by atoms with E-state index in [1.807, 2.05) is 0 Å². The number of rotatable bonds is 0. The van der Waals surface area contributed by atoms with E-state index >= 15 is 0 Å². The largest absolute Gasteiger partial charge is 0.344 e. The Morgan fingerprint density at radius 2 is 1.14 bits per heavy atom. The molecule has 0 aliphatic carbocycles. The Morgan fingerprint density at radius 3 is 1.14 bits per heavy atom. The van der Waals surface area contributed by atoms with Crippen molar-refractivity contribution in [1.82, 2.24) is 6.15 Å². The minimum absolute atomic E-state index is 0. The molecule has 0 spiro atoms. The summed E-state index contributed by atoms with van der Waals surface area (Å²) in [7, 11) is 0. The fourth-order valence-corrected chi connectivity index (χ4v) is 0. The standard InChI is InChI=1S/H3N.H2O3S.H2O2/c;1-4(2)3;1-2/h1H3;(H2,1,2,3);1-2H. The lowest BCUT2D eigenvalue weighted by atomic mass is 14.0. The summed E-state index contributed by atoms with van der Waals surface area (Å²) in [6.07, 6.45) is 0. The van der Waals surface area contributed by atoms with Gasteiger partial charge in [-0.2, -0.15) is 4.21 Å². The molecule has 0 amide bonds. The Morgan fingerprint density at radius 1 is 1.14 bits per heavy atom. The summed E-state index contributed by atoms with van der Waals surface area (Å²) in [5.74, 6) is 0. The third kappa shape index (κ3) is 37100. The molecule has 0 aromatic heterocycles. The molecule has 0 rings (SSSR count). The van der Waals surface area contributed by atoms with Crippen LogP contribution >= 0.6 is 0 Å². The van der Waals surface area contributed by atoms with Gasteiger partial charge < -0.3 is 6.15 Å². The average molecular weight is 133 g/mol. The van der Waals surface area contributed by atoms with E-state index in [0.29, 0.717) is 0 Å². The van der Waals surface area contributed by atoms with Crippen molar-refractivity contribution in [2.45, 2.75) is 0 Å². The van der Waals surface area contributed by atoms with Gasteiger partial charge >= 0.3 is 0 Å². The molecular formula is H7NO5S. The SMILES string of the molecule is N.O=S(O)O.OO. The molecule has 7 heteroatoms. The molecular weight excluding hydrogens is 126 g/mol. The molecule has 0 radical (unpaired) electrons. The van der Waals surface area contributed by atoms with E-state index in [1.165, 1.54) is 0 Å². The van der Waals surface area contributed by atoms with Gasteiger partial charge in [-0.3, -0.25) is 19.6 Å². The third-order valence-corrected chi connectivity index (χ3v) is 0. The lowest BCUT2D eigenvalue weighted by Gasteiger charge is -1.59. The van der Waals surface area contributed by atoms with Crippen molar-refractivity contribution >= 4 is 11.4 Å². The first kappa shape index (κ1) is 15.8. The zero-order valence-electron chi connectivity index (χ0n) is 3.31. The Bertz CT molecular complexity index is 31.1. The Kier molecular flexibility index (Phi) is 37.7. The maximum absolute atomic E-state index is 8.67. The van der Waals surface area contributed by atoms with Crippen LogP contribution in [-0.4, -0.2) is 23.8 Å². The quantitative estimate of drug-likeness (QED) is 0.177. The zero-order chi connectivity index (χ0) is 5.58. The Labute approximate surface area is 42.4 Å². The normalized spacial score (nSPS) is 5.86. The van der Waals surface area contributed by atoms with E-state index in [2.05, 4.69) is 0 Å². The topological polar surface area (TPSA) is 133 Å². The van der Waals surface area contributed by atoms with Crippen molar-refractivity contribution in [2.24, 2.45) is 0 Å². The van der Waals surface area contributed by atoms with Crippen LogP contribution in [0.25, 0.3) is 0 Å².